The second-order valence-electron chi connectivity index (χ2n) is 9.75. The monoisotopic (exact) mass is 427 g/mol. The Morgan fingerprint density at radius 2 is 1.84 bits per heavy atom. The van der Waals surface area contributed by atoms with Crippen LogP contribution in [0.4, 0.5) is 0 Å². The highest BCUT2D eigenvalue weighted by molar-refractivity contribution is 5.94. The van der Waals surface area contributed by atoms with Crippen molar-refractivity contribution in [2.45, 2.75) is 52.2 Å². The lowest BCUT2D eigenvalue weighted by atomic mass is 9.74. The van der Waals surface area contributed by atoms with Gasteiger partial charge in [-0.15, -0.1) is 0 Å². The molecule has 164 valence electrons. The normalized spacial score (nSPS) is 17.1. The van der Waals surface area contributed by atoms with Crippen molar-refractivity contribution < 1.29 is 9.90 Å². The molecule has 0 unspecified atom stereocenters. The molecule has 5 heteroatoms. The van der Waals surface area contributed by atoms with Crippen molar-refractivity contribution in [3.8, 4) is 17.5 Å². The first-order valence-corrected chi connectivity index (χ1v) is 10.9. The average molecular weight is 428 g/mol. The van der Waals surface area contributed by atoms with Crippen LogP contribution in [0.1, 0.15) is 67.3 Å². The topological polar surface area (TPSA) is 67.2 Å². The maximum Gasteiger partial charge on any atom is 0.251 e. The molecule has 1 aliphatic carbocycles. The van der Waals surface area contributed by atoms with Crippen LogP contribution in [0.25, 0.3) is 5.69 Å². The van der Waals surface area contributed by atoms with Crippen molar-refractivity contribution in [3.05, 3.63) is 83.2 Å². The first-order chi connectivity index (χ1) is 15.1. The Morgan fingerprint density at radius 1 is 1.16 bits per heavy atom. The van der Waals surface area contributed by atoms with E-state index < -0.39 is 5.60 Å². The van der Waals surface area contributed by atoms with E-state index in [1.165, 1.54) is 0 Å². The maximum atomic E-state index is 13.0. The third-order valence-electron chi connectivity index (χ3n) is 5.65. The molecule has 1 aromatic heterocycles. The van der Waals surface area contributed by atoms with Gasteiger partial charge in [0.25, 0.3) is 5.91 Å². The molecule has 5 nitrogen and oxygen atoms in total. The molecular weight excluding hydrogens is 398 g/mol. The number of nitrogens with one attached hydrogen (secondary N) is 1. The summed E-state index contributed by atoms with van der Waals surface area (Å²) in [4.78, 5) is 13.0. The fraction of sp³-hybridized carbons (Fsp3) is 0.333. The van der Waals surface area contributed by atoms with Gasteiger partial charge in [-0.1, -0.05) is 43.9 Å². The Balaban J connectivity index is 1.57. The number of nitrogens with zero attached hydrogens (tertiary/aromatic N) is 2. The standard InChI is InChI=1S/C27H29N3O2/c1-26(2)16-23(22-18-28-30(24(22)17-26)21-8-6-5-7-9-21)29-25(31)20-12-10-19(11-13-20)14-15-27(3,4)32/h5-13,18,23,32H,16-17H2,1-4H3,(H,29,31)/t23-/m1/s1. The summed E-state index contributed by atoms with van der Waals surface area (Å²) in [5.74, 6) is 5.60. The van der Waals surface area contributed by atoms with E-state index in [4.69, 9.17) is 0 Å². The molecule has 1 aliphatic rings. The van der Waals surface area contributed by atoms with Crippen molar-refractivity contribution in [2.75, 3.05) is 0 Å². The molecule has 32 heavy (non-hydrogen) atoms. The second kappa shape index (κ2) is 8.29. The largest absolute Gasteiger partial charge is 0.378 e. The molecule has 0 saturated heterocycles. The zero-order chi connectivity index (χ0) is 22.9. The third kappa shape index (κ3) is 4.92. The number of fused-ring (bicyclic) bond motifs is 1. The predicted octanol–water partition coefficient (Wildman–Crippen LogP) is 4.44. The lowest BCUT2D eigenvalue weighted by molar-refractivity contribution is 0.0919. The van der Waals surface area contributed by atoms with E-state index in [9.17, 15) is 9.90 Å². The number of aromatic nitrogens is 2. The van der Waals surface area contributed by atoms with Gasteiger partial charge in [0.2, 0.25) is 0 Å². The SMILES string of the molecule is CC(C)(O)C#Cc1ccc(C(=O)N[C@@H]2CC(C)(C)Cc3c2cnn3-c2ccccc2)cc1. The third-order valence-corrected chi connectivity index (χ3v) is 5.65. The van der Waals surface area contributed by atoms with Gasteiger partial charge in [0.1, 0.15) is 5.60 Å². The molecule has 3 aromatic rings. The highest BCUT2D eigenvalue weighted by Crippen LogP contribution is 2.41. The highest BCUT2D eigenvalue weighted by atomic mass is 16.3. The molecule has 0 bridgehead atoms. The summed E-state index contributed by atoms with van der Waals surface area (Å²) in [6.45, 7) is 7.74. The summed E-state index contributed by atoms with van der Waals surface area (Å²) >= 11 is 0. The predicted molar refractivity (Wildman–Crippen MR) is 125 cm³/mol. The van der Waals surface area contributed by atoms with Crippen LogP contribution in [0.3, 0.4) is 0 Å². The van der Waals surface area contributed by atoms with Gasteiger partial charge in [-0.2, -0.15) is 5.10 Å². The molecule has 1 amide bonds. The zero-order valence-corrected chi connectivity index (χ0v) is 19.0. The minimum Gasteiger partial charge on any atom is -0.378 e. The van der Waals surface area contributed by atoms with Gasteiger partial charge in [0.05, 0.1) is 23.6 Å². The van der Waals surface area contributed by atoms with Crippen molar-refractivity contribution >= 4 is 5.91 Å². The lowest BCUT2D eigenvalue weighted by Crippen LogP contribution is -2.36. The quantitative estimate of drug-likeness (QED) is 0.608. The van der Waals surface area contributed by atoms with E-state index in [1.807, 2.05) is 41.2 Å². The maximum absolute atomic E-state index is 13.0. The number of aliphatic hydroxyl groups is 1. The van der Waals surface area contributed by atoms with E-state index in [2.05, 4.69) is 36.1 Å². The van der Waals surface area contributed by atoms with Gasteiger partial charge in [0.15, 0.2) is 0 Å². The van der Waals surface area contributed by atoms with Crippen LogP contribution in [0.15, 0.2) is 60.8 Å². The van der Waals surface area contributed by atoms with Crippen molar-refractivity contribution in [1.29, 1.82) is 0 Å². The summed E-state index contributed by atoms with van der Waals surface area (Å²) < 4.78 is 1.99. The van der Waals surface area contributed by atoms with Crippen molar-refractivity contribution in [3.63, 3.8) is 0 Å². The number of benzene rings is 2. The number of para-hydroxylation sites is 1. The second-order valence-corrected chi connectivity index (χ2v) is 9.75. The molecule has 4 rings (SSSR count). The van der Waals surface area contributed by atoms with Crippen LogP contribution in [0.5, 0.6) is 0 Å². The first kappa shape index (κ1) is 21.9. The Bertz CT molecular complexity index is 1170. The summed E-state index contributed by atoms with van der Waals surface area (Å²) in [6.07, 6.45) is 3.64. The van der Waals surface area contributed by atoms with Crippen molar-refractivity contribution in [1.82, 2.24) is 15.1 Å². The number of rotatable bonds is 3. The highest BCUT2D eigenvalue weighted by Gasteiger charge is 2.36. The first-order valence-electron chi connectivity index (χ1n) is 10.9. The molecule has 0 saturated carbocycles. The Hall–Kier alpha value is -3.36. The Labute approximate surface area is 189 Å². The van der Waals surface area contributed by atoms with Crippen LogP contribution in [0, 0.1) is 17.3 Å². The number of amides is 1. The summed E-state index contributed by atoms with van der Waals surface area (Å²) in [6, 6.07) is 17.1. The van der Waals surface area contributed by atoms with Gasteiger partial charge in [-0.25, -0.2) is 4.68 Å². The van der Waals surface area contributed by atoms with Crippen LogP contribution in [-0.2, 0) is 6.42 Å². The fourth-order valence-electron chi connectivity index (χ4n) is 4.13. The smallest absolute Gasteiger partial charge is 0.251 e. The van der Waals surface area contributed by atoms with Gasteiger partial charge in [-0.05, 0) is 68.5 Å². The van der Waals surface area contributed by atoms with E-state index in [1.54, 1.807) is 38.1 Å². The zero-order valence-electron chi connectivity index (χ0n) is 19.0. The minimum absolute atomic E-state index is 0.0358. The van der Waals surface area contributed by atoms with Crippen LogP contribution in [0.2, 0.25) is 0 Å². The van der Waals surface area contributed by atoms with Gasteiger partial charge >= 0.3 is 0 Å². The lowest BCUT2D eigenvalue weighted by Gasteiger charge is -2.36. The molecule has 1 atom stereocenters. The molecule has 0 spiro atoms. The molecular formula is C27H29N3O2. The van der Waals surface area contributed by atoms with Gasteiger partial charge < -0.3 is 10.4 Å². The molecule has 1 heterocycles. The summed E-state index contributed by atoms with van der Waals surface area (Å²) in [5, 5.41) is 17.6. The van der Waals surface area contributed by atoms with E-state index in [-0.39, 0.29) is 17.4 Å². The average Bonchev–Trinajstić information content (AvgIpc) is 3.15. The molecule has 0 aliphatic heterocycles. The fourth-order valence-corrected chi connectivity index (χ4v) is 4.13. The Kier molecular flexibility index (Phi) is 5.66. The molecule has 0 fully saturated rings. The summed E-state index contributed by atoms with van der Waals surface area (Å²) in [7, 11) is 0. The van der Waals surface area contributed by atoms with E-state index in [0.29, 0.717) is 5.56 Å². The number of hydrogen-bond donors (Lipinski definition) is 2. The minimum atomic E-state index is -1.05. The van der Waals surface area contributed by atoms with Gasteiger partial charge in [-0.3, -0.25) is 4.79 Å². The van der Waals surface area contributed by atoms with Crippen LogP contribution in [-0.4, -0.2) is 26.4 Å². The number of carbonyl (C=O) groups is 1. The molecule has 2 N–H and O–H groups in total. The van der Waals surface area contributed by atoms with Crippen LogP contribution < -0.4 is 5.32 Å². The molecule has 2 aromatic carbocycles. The van der Waals surface area contributed by atoms with Crippen LogP contribution >= 0.6 is 0 Å². The number of hydrogen-bond acceptors (Lipinski definition) is 3. The Morgan fingerprint density at radius 3 is 2.50 bits per heavy atom. The van der Waals surface area contributed by atoms with Gasteiger partial charge in [0, 0.05) is 16.7 Å². The molecule has 0 radical (unpaired) electrons. The van der Waals surface area contributed by atoms with Crippen molar-refractivity contribution in [2.24, 2.45) is 5.41 Å². The van der Waals surface area contributed by atoms with E-state index >= 15 is 0 Å². The summed E-state index contributed by atoms with van der Waals surface area (Å²) in [5.41, 5.74) is 3.58. The van der Waals surface area contributed by atoms with E-state index in [0.717, 1.165) is 35.3 Å². The number of carbonyl (C=O) groups excluding carboxylic acids is 1.